The first-order valence-corrected chi connectivity index (χ1v) is 10.1. The van der Waals surface area contributed by atoms with Crippen molar-refractivity contribution in [2.45, 2.75) is 25.8 Å². The van der Waals surface area contributed by atoms with Gasteiger partial charge in [-0.25, -0.2) is 0 Å². The second-order valence-electron chi connectivity index (χ2n) is 7.57. The Morgan fingerprint density at radius 2 is 1.74 bits per heavy atom. The summed E-state index contributed by atoms with van der Waals surface area (Å²) in [6.07, 6.45) is 1.37. The van der Waals surface area contributed by atoms with Gasteiger partial charge in [-0.05, 0) is 31.4 Å². The van der Waals surface area contributed by atoms with Gasteiger partial charge in [0.1, 0.15) is 0 Å². The van der Waals surface area contributed by atoms with E-state index in [-0.39, 0.29) is 23.8 Å². The second-order valence-corrected chi connectivity index (χ2v) is 7.97. The fourth-order valence-corrected chi connectivity index (χ4v) is 4.32. The summed E-state index contributed by atoms with van der Waals surface area (Å²) in [5, 5.41) is 0.807. The Kier molecular flexibility index (Phi) is 6.73. The Morgan fingerprint density at radius 1 is 1.11 bits per heavy atom. The molecule has 6 nitrogen and oxygen atoms in total. The van der Waals surface area contributed by atoms with Gasteiger partial charge in [0.15, 0.2) is 0 Å². The summed E-state index contributed by atoms with van der Waals surface area (Å²) < 4.78 is 0. The van der Waals surface area contributed by atoms with Gasteiger partial charge in [0, 0.05) is 56.3 Å². The average Bonchev–Trinajstić information content (AvgIpc) is 2.68. The van der Waals surface area contributed by atoms with Crippen LogP contribution in [0.1, 0.15) is 31.4 Å². The largest absolute Gasteiger partial charge is 0.369 e. The summed E-state index contributed by atoms with van der Waals surface area (Å²) in [5.41, 5.74) is 6.52. The molecule has 0 bridgehead atoms. The molecule has 0 aromatic heterocycles. The third-order valence-electron chi connectivity index (χ3n) is 5.92. The summed E-state index contributed by atoms with van der Waals surface area (Å²) in [6.45, 7) is 7.50. The van der Waals surface area contributed by atoms with E-state index in [0.29, 0.717) is 32.5 Å². The molecule has 1 unspecified atom stereocenters. The van der Waals surface area contributed by atoms with E-state index >= 15 is 0 Å². The van der Waals surface area contributed by atoms with E-state index in [2.05, 4.69) is 22.8 Å². The first kappa shape index (κ1) is 20.1. The number of primary amides is 1. The molecule has 0 saturated carbocycles. The van der Waals surface area contributed by atoms with E-state index in [1.807, 2.05) is 23.1 Å². The van der Waals surface area contributed by atoms with Gasteiger partial charge in [-0.1, -0.05) is 29.8 Å². The van der Waals surface area contributed by atoms with Crippen molar-refractivity contribution in [3.63, 3.8) is 0 Å². The van der Waals surface area contributed by atoms with Gasteiger partial charge in [-0.15, -0.1) is 0 Å². The molecule has 2 fully saturated rings. The van der Waals surface area contributed by atoms with Gasteiger partial charge < -0.3 is 10.6 Å². The van der Waals surface area contributed by atoms with Gasteiger partial charge in [0.25, 0.3) is 0 Å². The molecule has 2 N–H and O–H groups in total. The number of hydrogen-bond donors (Lipinski definition) is 1. The van der Waals surface area contributed by atoms with Crippen LogP contribution in [0.3, 0.4) is 0 Å². The minimum Gasteiger partial charge on any atom is -0.369 e. The molecule has 7 heteroatoms. The first-order chi connectivity index (χ1) is 13.0. The van der Waals surface area contributed by atoms with Gasteiger partial charge in [0.2, 0.25) is 11.8 Å². The van der Waals surface area contributed by atoms with E-state index in [1.165, 1.54) is 0 Å². The molecule has 148 valence electrons. The Hall–Kier alpha value is -1.63. The highest BCUT2D eigenvalue weighted by atomic mass is 35.5. The van der Waals surface area contributed by atoms with E-state index in [0.717, 1.165) is 36.8 Å². The summed E-state index contributed by atoms with van der Waals surface area (Å²) in [6, 6.07) is 8.26. The maximum Gasteiger partial charge on any atom is 0.236 e. The molecule has 2 saturated heterocycles. The molecule has 3 rings (SSSR count). The lowest BCUT2D eigenvalue weighted by atomic mass is 9.96. The fourth-order valence-electron chi connectivity index (χ4n) is 4.02. The van der Waals surface area contributed by atoms with E-state index in [9.17, 15) is 9.59 Å². The molecule has 2 aliphatic rings. The Balaban J connectivity index is 1.45. The molecule has 0 spiro atoms. The van der Waals surface area contributed by atoms with E-state index in [1.54, 1.807) is 0 Å². The fraction of sp³-hybridized carbons (Fsp3) is 0.600. The van der Waals surface area contributed by atoms with Crippen molar-refractivity contribution >= 4 is 23.4 Å². The van der Waals surface area contributed by atoms with Crippen LogP contribution >= 0.6 is 11.6 Å². The standard InChI is InChI=1S/C20H29ClN4O2/c1-15(17-4-2-3-5-18(17)21)24-12-10-23(11-13-24)14-19(26)25-8-6-16(7-9-25)20(22)27/h2-5,15-16H,6-14H2,1H3,(H2,22,27). The Bertz CT molecular complexity index is 668. The topological polar surface area (TPSA) is 69.9 Å². The predicted molar refractivity (Wildman–Crippen MR) is 106 cm³/mol. The van der Waals surface area contributed by atoms with Crippen LogP contribution in [0.2, 0.25) is 5.02 Å². The van der Waals surface area contributed by atoms with Crippen LogP contribution in [0.25, 0.3) is 0 Å². The lowest BCUT2D eigenvalue weighted by Crippen LogP contribution is -2.51. The Labute approximate surface area is 166 Å². The van der Waals surface area contributed by atoms with Crippen molar-refractivity contribution in [2.24, 2.45) is 11.7 Å². The normalized spacial score (nSPS) is 21.2. The minimum atomic E-state index is -0.245. The lowest BCUT2D eigenvalue weighted by Gasteiger charge is -2.39. The zero-order valence-corrected chi connectivity index (χ0v) is 16.7. The SMILES string of the molecule is CC(c1ccccc1Cl)N1CCN(CC(=O)N2CCC(C(N)=O)CC2)CC1. The monoisotopic (exact) mass is 392 g/mol. The number of carbonyl (C=O) groups excluding carboxylic acids is 2. The van der Waals surface area contributed by atoms with Gasteiger partial charge >= 0.3 is 0 Å². The number of nitrogens with two attached hydrogens (primary N) is 1. The zero-order valence-electron chi connectivity index (χ0n) is 15.9. The smallest absolute Gasteiger partial charge is 0.236 e. The van der Waals surface area contributed by atoms with Crippen molar-refractivity contribution < 1.29 is 9.59 Å². The summed E-state index contributed by atoms with van der Waals surface area (Å²) in [4.78, 5) is 30.3. The number of benzene rings is 1. The number of carbonyl (C=O) groups is 2. The second kappa shape index (κ2) is 9.04. The Morgan fingerprint density at radius 3 is 2.33 bits per heavy atom. The molecule has 0 radical (unpaired) electrons. The maximum atomic E-state index is 12.6. The number of rotatable bonds is 5. The third kappa shape index (κ3) is 5.00. The van der Waals surface area contributed by atoms with E-state index in [4.69, 9.17) is 17.3 Å². The minimum absolute atomic E-state index is 0.0797. The molecule has 2 amide bonds. The predicted octanol–water partition coefficient (Wildman–Crippen LogP) is 1.74. The zero-order chi connectivity index (χ0) is 19.4. The molecule has 27 heavy (non-hydrogen) atoms. The van der Waals surface area contributed by atoms with Crippen LogP contribution in [0.4, 0.5) is 0 Å². The molecule has 1 aromatic carbocycles. The number of amides is 2. The number of piperazine rings is 1. The molecule has 0 aliphatic carbocycles. The van der Waals surface area contributed by atoms with E-state index < -0.39 is 0 Å². The number of hydrogen-bond acceptors (Lipinski definition) is 4. The van der Waals surface area contributed by atoms with Crippen LogP contribution < -0.4 is 5.73 Å². The maximum absolute atomic E-state index is 12.6. The molecular formula is C20H29ClN4O2. The van der Waals surface area contributed by atoms with Crippen LogP contribution in [0.15, 0.2) is 24.3 Å². The first-order valence-electron chi connectivity index (χ1n) is 9.73. The third-order valence-corrected chi connectivity index (χ3v) is 6.26. The average molecular weight is 393 g/mol. The van der Waals surface area contributed by atoms with Crippen LogP contribution in [-0.2, 0) is 9.59 Å². The van der Waals surface area contributed by atoms with Crippen molar-refractivity contribution in [2.75, 3.05) is 45.8 Å². The highest BCUT2D eigenvalue weighted by Crippen LogP contribution is 2.27. The van der Waals surface area contributed by atoms with Crippen molar-refractivity contribution in [3.05, 3.63) is 34.9 Å². The summed E-state index contributed by atoms with van der Waals surface area (Å²) in [7, 11) is 0. The quantitative estimate of drug-likeness (QED) is 0.828. The molecule has 1 aromatic rings. The molecular weight excluding hydrogens is 364 g/mol. The number of nitrogens with zero attached hydrogens (tertiary/aromatic N) is 3. The number of likely N-dealkylation sites (tertiary alicyclic amines) is 1. The van der Waals surface area contributed by atoms with Crippen LogP contribution in [-0.4, -0.2) is 72.3 Å². The van der Waals surface area contributed by atoms with Crippen LogP contribution in [0.5, 0.6) is 0 Å². The van der Waals surface area contributed by atoms with Crippen molar-refractivity contribution in [1.82, 2.24) is 14.7 Å². The highest BCUT2D eigenvalue weighted by Gasteiger charge is 2.28. The van der Waals surface area contributed by atoms with Crippen molar-refractivity contribution in [1.29, 1.82) is 0 Å². The molecule has 2 aliphatic heterocycles. The van der Waals surface area contributed by atoms with Gasteiger partial charge in [-0.3, -0.25) is 19.4 Å². The summed E-state index contributed by atoms with van der Waals surface area (Å²) in [5.74, 6) is -0.166. The van der Waals surface area contributed by atoms with Crippen LogP contribution in [0, 0.1) is 5.92 Å². The number of piperidine rings is 1. The van der Waals surface area contributed by atoms with Gasteiger partial charge in [0.05, 0.1) is 6.54 Å². The molecule has 2 heterocycles. The molecule has 1 atom stereocenters. The number of halogens is 1. The summed E-state index contributed by atoms with van der Waals surface area (Å²) >= 11 is 6.34. The lowest BCUT2D eigenvalue weighted by molar-refractivity contribution is -0.136. The van der Waals surface area contributed by atoms with Crippen molar-refractivity contribution in [3.8, 4) is 0 Å². The van der Waals surface area contributed by atoms with Gasteiger partial charge in [-0.2, -0.15) is 0 Å². The highest BCUT2D eigenvalue weighted by molar-refractivity contribution is 6.31.